The maximum atomic E-state index is 12.2. The Morgan fingerprint density at radius 2 is 1.82 bits per heavy atom. The van der Waals surface area contributed by atoms with Crippen molar-refractivity contribution in [1.82, 2.24) is 0 Å². The van der Waals surface area contributed by atoms with Gasteiger partial charge in [0.25, 0.3) is 0 Å². The largest absolute Gasteiger partial charge is 0.494 e. The van der Waals surface area contributed by atoms with Gasteiger partial charge in [-0.05, 0) is 49.6 Å². The van der Waals surface area contributed by atoms with Gasteiger partial charge in [0, 0.05) is 5.69 Å². The quantitative estimate of drug-likeness (QED) is 0.851. The highest BCUT2D eigenvalue weighted by Gasteiger charge is 2.11. The fourth-order valence-corrected chi connectivity index (χ4v) is 3.25. The van der Waals surface area contributed by atoms with Gasteiger partial charge in [-0.1, -0.05) is 30.3 Å². The Kier molecular flexibility index (Phi) is 5.44. The van der Waals surface area contributed by atoms with Crippen molar-refractivity contribution in [2.45, 2.75) is 20.3 Å². The summed E-state index contributed by atoms with van der Waals surface area (Å²) in [5.74, 6) is 0.832. The van der Waals surface area contributed by atoms with E-state index in [2.05, 4.69) is 4.72 Å². The van der Waals surface area contributed by atoms with E-state index in [0.717, 1.165) is 16.9 Å². The molecule has 0 aliphatic rings. The molecule has 22 heavy (non-hydrogen) atoms. The van der Waals surface area contributed by atoms with Crippen molar-refractivity contribution >= 4 is 15.7 Å². The van der Waals surface area contributed by atoms with Gasteiger partial charge in [0.2, 0.25) is 10.0 Å². The predicted octanol–water partition coefficient (Wildman–Crippen LogP) is 3.38. The van der Waals surface area contributed by atoms with E-state index >= 15 is 0 Å². The lowest BCUT2D eigenvalue weighted by Crippen LogP contribution is -2.18. The highest BCUT2D eigenvalue weighted by Crippen LogP contribution is 2.22. The topological polar surface area (TPSA) is 55.4 Å². The van der Waals surface area contributed by atoms with E-state index in [1.165, 1.54) is 0 Å². The van der Waals surface area contributed by atoms with Crippen molar-refractivity contribution < 1.29 is 13.2 Å². The molecule has 0 spiro atoms. The first-order chi connectivity index (χ1) is 10.5. The highest BCUT2D eigenvalue weighted by atomic mass is 32.2. The van der Waals surface area contributed by atoms with Crippen LogP contribution in [0.15, 0.2) is 48.5 Å². The van der Waals surface area contributed by atoms with E-state index in [9.17, 15) is 8.42 Å². The van der Waals surface area contributed by atoms with E-state index in [4.69, 9.17) is 4.74 Å². The predicted molar refractivity (Wildman–Crippen MR) is 89.9 cm³/mol. The molecule has 0 saturated heterocycles. The third-order valence-electron chi connectivity index (χ3n) is 3.25. The van der Waals surface area contributed by atoms with Crippen molar-refractivity contribution in [3.05, 3.63) is 59.7 Å². The molecule has 0 fully saturated rings. The lowest BCUT2D eigenvalue weighted by molar-refractivity contribution is 0.338. The van der Waals surface area contributed by atoms with Crippen LogP contribution in [0.2, 0.25) is 0 Å². The Labute approximate surface area is 132 Å². The second-order valence-corrected chi connectivity index (χ2v) is 6.91. The van der Waals surface area contributed by atoms with E-state index in [1.807, 2.05) is 44.2 Å². The minimum absolute atomic E-state index is 0.0588. The van der Waals surface area contributed by atoms with Crippen LogP contribution in [-0.4, -0.2) is 20.8 Å². The fourth-order valence-electron chi connectivity index (χ4n) is 2.16. The minimum atomic E-state index is -3.37. The van der Waals surface area contributed by atoms with Gasteiger partial charge >= 0.3 is 0 Å². The van der Waals surface area contributed by atoms with Crippen molar-refractivity contribution in [1.29, 1.82) is 0 Å². The SMILES string of the molecule is CCOc1ccc(NS(=O)(=O)CCc2ccccc2)cc1C. The van der Waals surface area contributed by atoms with Crippen LogP contribution < -0.4 is 9.46 Å². The Bertz CT molecular complexity index is 712. The molecule has 0 saturated carbocycles. The molecule has 2 aromatic rings. The summed E-state index contributed by atoms with van der Waals surface area (Å²) >= 11 is 0. The second-order valence-electron chi connectivity index (χ2n) is 5.07. The van der Waals surface area contributed by atoms with E-state index in [0.29, 0.717) is 18.7 Å². The first-order valence-electron chi connectivity index (χ1n) is 7.28. The molecule has 0 aromatic heterocycles. The van der Waals surface area contributed by atoms with Gasteiger partial charge in [0.15, 0.2) is 0 Å². The zero-order valence-corrected chi connectivity index (χ0v) is 13.7. The van der Waals surface area contributed by atoms with Crippen LogP contribution in [0.3, 0.4) is 0 Å². The van der Waals surface area contributed by atoms with Gasteiger partial charge in [0.05, 0.1) is 12.4 Å². The monoisotopic (exact) mass is 319 g/mol. The van der Waals surface area contributed by atoms with Gasteiger partial charge in [-0.15, -0.1) is 0 Å². The average molecular weight is 319 g/mol. The van der Waals surface area contributed by atoms with Gasteiger partial charge in [-0.25, -0.2) is 8.42 Å². The van der Waals surface area contributed by atoms with Crippen LogP contribution >= 0.6 is 0 Å². The number of hydrogen-bond donors (Lipinski definition) is 1. The first-order valence-corrected chi connectivity index (χ1v) is 8.93. The van der Waals surface area contributed by atoms with Crippen LogP contribution in [0.25, 0.3) is 0 Å². The van der Waals surface area contributed by atoms with Gasteiger partial charge in [-0.2, -0.15) is 0 Å². The normalized spacial score (nSPS) is 11.2. The number of sulfonamides is 1. The zero-order chi connectivity index (χ0) is 16.0. The molecule has 0 aliphatic heterocycles. The van der Waals surface area contributed by atoms with Crippen molar-refractivity contribution in [2.75, 3.05) is 17.1 Å². The first kappa shape index (κ1) is 16.4. The van der Waals surface area contributed by atoms with E-state index in [-0.39, 0.29) is 5.75 Å². The fraction of sp³-hybridized carbons (Fsp3) is 0.294. The van der Waals surface area contributed by atoms with Gasteiger partial charge < -0.3 is 4.74 Å². The molecule has 0 bridgehead atoms. The summed E-state index contributed by atoms with van der Waals surface area (Å²) in [6.45, 7) is 4.40. The molecule has 0 atom stereocenters. The number of rotatable bonds is 7. The highest BCUT2D eigenvalue weighted by molar-refractivity contribution is 7.92. The maximum Gasteiger partial charge on any atom is 0.233 e. The Morgan fingerprint density at radius 1 is 1.09 bits per heavy atom. The van der Waals surface area contributed by atoms with Crippen molar-refractivity contribution in [3.8, 4) is 5.75 Å². The standard InChI is InChI=1S/C17H21NO3S/c1-3-21-17-10-9-16(13-14(17)2)18-22(19,20)12-11-15-7-5-4-6-8-15/h4-10,13,18H,3,11-12H2,1-2H3. The van der Waals surface area contributed by atoms with Gasteiger partial charge in [0.1, 0.15) is 5.75 Å². The lowest BCUT2D eigenvalue weighted by atomic mass is 10.2. The number of ether oxygens (including phenoxy) is 1. The minimum Gasteiger partial charge on any atom is -0.494 e. The van der Waals surface area contributed by atoms with Crippen LogP contribution in [-0.2, 0) is 16.4 Å². The summed E-state index contributed by atoms with van der Waals surface area (Å²) in [5.41, 5.74) is 2.48. The number of aryl methyl sites for hydroxylation is 2. The lowest BCUT2D eigenvalue weighted by Gasteiger charge is -2.11. The second kappa shape index (κ2) is 7.31. The third kappa shape index (κ3) is 4.77. The number of nitrogens with one attached hydrogen (secondary N) is 1. The molecular weight excluding hydrogens is 298 g/mol. The van der Waals surface area contributed by atoms with E-state index in [1.54, 1.807) is 18.2 Å². The van der Waals surface area contributed by atoms with Crippen LogP contribution in [0.4, 0.5) is 5.69 Å². The molecule has 1 N–H and O–H groups in total. The molecule has 5 heteroatoms. The van der Waals surface area contributed by atoms with E-state index < -0.39 is 10.0 Å². The molecule has 0 radical (unpaired) electrons. The average Bonchev–Trinajstić information content (AvgIpc) is 2.49. The van der Waals surface area contributed by atoms with Crippen molar-refractivity contribution in [3.63, 3.8) is 0 Å². The van der Waals surface area contributed by atoms with Crippen LogP contribution in [0.5, 0.6) is 5.75 Å². The number of benzene rings is 2. The summed E-state index contributed by atoms with van der Waals surface area (Å²) in [6.07, 6.45) is 0.492. The molecule has 0 unspecified atom stereocenters. The van der Waals surface area contributed by atoms with Crippen LogP contribution in [0.1, 0.15) is 18.1 Å². The van der Waals surface area contributed by atoms with Crippen molar-refractivity contribution in [2.24, 2.45) is 0 Å². The Hall–Kier alpha value is -2.01. The molecule has 0 aliphatic carbocycles. The zero-order valence-electron chi connectivity index (χ0n) is 12.9. The third-order valence-corrected chi connectivity index (χ3v) is 4.54. The summed E-state index contributed by atoms with van der Waals surface area (Å²) in [7, 11) is -3.37. The Morgan fingerprint density at radius 3 is 2.45 bits per heavy atom. The summed E-state index contributed by atoms with van der Waals surface area (Å²) in [5, 5.41) is 0. The number of hydrogen-bond acceptors (Lipinski definition) is 3. The molecule has 0 amide bonds. The number of anilines is 1. The molecule has 2 rings (SSSR count). The Balaban J connectivity index is 2.01. The summed E-state index contributed by atoms with van der Waals surface area (Å²) < 4.78 is 32.4. The molecular formula is C17H21NO3S. The van der Waals surface area contributed by atoms with Crippen LogP contribution in [0, 0.1) is 6.92 Å². The molecule has 2 aromatic carbocycles. The molecule has 4 nitrogen and oxygen atoms in total. The summed E-state index contributed by atoms with van der Waals surface area (Å²) in [6, 6.07) is 14.9. The molecule has 0 heterocycles. The smallest absolute Gasteiger partial charge is 0.233 e. The summed E-state index contributed by atoms with van der Waals surface area (Å²) in [4.78, 5) is 0. The molecule has 118 valence electrons. The maximum absolute atomic E-state index is 12.2. The van der Waals surface area contributed by atoms with Gasteiger partial charge in [-0.3, -0.25) is 4.72 Å².